The van der Waals surface area contributed by atoms with E-state index in [2.05, 4.69) is 10.2 Å². The second kappa shape index (κ2) is 8.00. The van der Waals surface area contributed by atoms with Crippen molar-refractivity contribution in [2.45, 2.75) is 25.5 Å². The molecule has 5 nitrogen and oxygen atoms in total. The summed E-state index contributed by atoms with van der Waals surface area (Å²) in [5.41, 5.74) is 1.09. The van der Waals surface area contributed by atoms with Crippen LogP contribution in [-0.2, 0) is 16.1 Å². The number of hydrogen-bond acceptors (Lipinski definition) is 4. The number of nitrogens with zero attached hydrogens (tertiary/aromatic N) is 1. The first-order valence-corrected chi connectivity index (χ1v) is 7.39. The predicted molar refractivity (Wildman–Crippen MR) is 81.3 cm³/mol. The average molecular weight is 292 g/mol. The summed E-state index contributed by atoms with van der Waals surface area (Å²) in [7, 11) is 3.33. The predicted octanol–water partition coefficient (Wildman–Crippen LogP) is 1.42. The van der Waals surface area contributed by atoms with Crippen molar-refractivity contribution in [1.29, 1.82) is 0 Å². The van der Waals surface area contributed by atoms with Gasteiger partial charge in [0.1, 0.15) is 5.75 Å². The van der Waals surface area contributed by atoms with Gasteiger partial charge in [0.2, 0.25) is 5.91 Å². The Bertz CT molecular complexity index is 459. The highest BCUT2D eigenvalue weighted by Gasteiger charge is 2.21. The third kappa shape index (κ3) is 4.72. The van der Waals surface area contributed by atoms with Gasteiger partial charge in [0, 0.05) is 32.3 Å². The lowest BCUT2D eigenvalue weighted by atomic mass is 10.1. The van der Waals surface area contributed by atoms with Crippen LogP contribution in [0.25, 0.3) is 0 Å². The van der Waals surface area contributed by atoms with E-state index >= 15 is 0 Å². The van der Waals surface area contributed by atoms with Crippen LogP contribution < -0.4 is 10.1 Å². The molecule has 0 aliphatic carbocycles. The van der Waals surface area contributed by atoms with Gasteiger partial charge in [0.25, 0.3) is 0 Å². The number of likely N-dealkylation sites (N-methyl/N-ethyl adjacent to an activating group) is 1. The van der Waals surface area contributed by atoms with E-state index in [1.54, 1.807) is 14.2 Å². The maximum atomic E-state index is 11.7. The Kier molecular flexibility index (Phi) is 6.02. The Morgan fingerprint density at radius 3 is 2.95 bits per heavy atom. The number of rotatable bonds is 7. The van der Waals surface area contributed by atoms with Crippen LogP contribution in [-0.4, -0.2) is 50.8 Å². The number of nitrogens with one attached hydrogen (secondary N) is 1. The fraction of sp³-hybridized carbons (Fsp3) is 0.562. The molecule has 21 heavy (non-hydrogen) atoms. The van der Waals surface area contributed by atoms with Crippen molar-refractivity contribution in [2.24, 2.45) is 0 Å². The first-order valence-electron chi connectivity index (χ1n) is 7.39. The summed E-state index contributed by atoms with van der Waals surface area (Å²) < 4.78 is 11.1. The molecule has 1 aliphatic heterocycles. The molecule has 0 aromatic heterocycles. The van der Waals surface area contributed by atoms with E-state index in [0.717, 1.165) is 37.3 Å². The molecule has 0 bridgehead atoms. The molecule has 1 unspecified atom stereocenters. The molecule has 1 atom stereocenters. The van der Waals surface area contributed by atoms with Crippen LogP contribution in [0, 0.1) is 0 Å². The number of carbonyl (C=O) groups is 1. The van der Waals surface area contributed by atoms with Gasteiger partial charge in [-0.05, 0) is 18.9 Å². The molecule has 1 aromatic carbocycles. The summed E-state index contributed by atoms with van der Waals surface area (Å²) in [6.07, 6.45) is 2.40. The molecule has 0 radical (unpaired) electrons. The Balaban J connectivity index is 2.04. The zero-order valence-corrected chi connectivity index (χ0v) is 12.8. The van der Waals surface area contributed by atoms with Crippen LogP contribution in [0.4, 0.5) is 0 Å². The maximum Gasteiger partial charge on any atom is 0.233 e. The van der Waals surface area contributed by atoms with Gasteiger partial charge in [0.05, 0.1) is 19.8 Å². The minimum absolute atomic E-state index is 0.0166. The van der Waals surface area contributed by atoms with E-state index in [1.165, 1.54) is 0 Å². The lowest BCUT2D eigenvalue weighted by molar-refractivity contribution is -0.122. The normalized spacial score (nSPS) is 18.0. The van der Waals surface area contributed by atoms with E-state index in [-0.39, 0.29) is 12.0 Å². The minimum Gasteiger partial charge on any atom is -0.496 e. The number of benzene rings is 1. The molecule has 5 heteroatoms. The fourth-order valence-corrected chi connectivity index (χ4v) is 2.62. The van der Waals surface area contributed by atoms with Crippen molar-refractivity contribution in [2.75, 3.05) is 33.9 Å². The Labute approximate surface area is 126 Å². The fourth-order valence-electron chi connectivity index (χ4n) is 2.62. The molecule has 1 aliphatic rings. The molecule has 1 heterocycles. The van der Waals surface area contributed by atoms with Crippen LogP contribution >= 0.6 is 0 Å². The van der Waals surface area contributed by atoms with Gasteiger partial charge in [-0.25, -0.2) is 0 Å². The third-order valence-electron chi connectivity index (χ3n) is 3.72. The van der Waals surface area contributed by atoms with Gasteiger partial charge in [-0.15, -0.1) is 0 Å². The van der Waals surface area contributed by atoms with Crippen LogP contribution in [0.15, 0.2) is 24.3 Å². The highest BCUT2D eigenvalue weighted by molar-refractivity contribution is 5.77. The summed E-state index contributed by atoms with van der Waals surface area (Å²) in [5, 5.41) is 2.68. The van der Waals surface area contributed by atoms with Crippen molar-refractivity contribution in [1.82, 2.24) is 10.2 Å². The highest BCUT2D eigenvalue weighted by Crippen LogP contribution is 2.21. The molecule has 1 amide bonds. The van der Waals surface area contributed by atoms with Gasteiger partial charge in [-0.2, -0.15) is 0 Å². The van der Waals surface area contributed by atoms with Crippen molar-refractivity contribution in [3.63, 3.8) is 0 Å². The third-order valence-corrected chi connectivity index (χ3v) is 3.72. The van der Waals surface area contributed by atoms with Gasteiger partial charge in [-0.1, -0.05) is 18.2 Å². The molecule has 1 saturated heterocycles. The van der Waals surface area contributed by atoms with Crippen molar-refractivity contribution < 1.29 is 14.3 Å². The second-order valence-corrected chi connectivity index (χ2v) is 5.29. The van der Waals surface area contributed by atoms with Crippen molar-refractivity contribution in [3.05, 3.63) is 29.8 Å². The number of methoxy groups -OCH3 is 1. The monoisotopic (exact) mass is 292 g/mol. The minimum atomic E-state index is 0.0166. The smallest absolute Gasteiger partial charge is 0.233 e. The topological polar surface area (TPSA) is 50.8 Å². The summed E-state index contributed by atoms with van der Waals surface area (Å²) in [6.45, 7) is 2.64. The van der Waals surface area contributed by atoms with E-state index < -0.39 is 0 Å². The molecule has 116 valence electrons. The number of amides is 1. The summed E-state index contributed by atoms with van der Waals surface area (Å²) in [4.78, 5) is 13.8. The summed E-state index contributed by atoms with van der Waals surface area (Å²) >= 11 is 0. The molecule has 1 aromatic rings. The first kappa shape index (κ1) is 15.8. The van der Waals surface area contributed by atoms with Gasteiger partial charge in [0.15, 0.2) is 0 Å². The number of carbonyl (C=O) groups excluding carboxylic acids is 1. The van der Waals surface area contributed by atoms with Gasteiger partial charge >= 0.3 is 0 Å². The standard InChI is InChI=1S/C16H24N2O3/c1-17-16(19)12-18(11-14-7-5-9-21-14)10-13-6-3-4-8-15(13)20-2/h3-4,6,8,14H,5,7,9-12H2,1-2H3,(H,17,19). The average Bonchev–Trinajstić information content (AvgIpc) is 3.00. The summed E-state index contributed by atoms with van der Waals surface area (Å²) in [6, 6.07) is 7.91. The molecule has 0 spiro atoms. The molecule has 0 saturated carbocycles. The lowest BCUT2D eigenvalue weighted by Gasteiger charge is -2.25. The molecule has 2 rings (SSSR count). The van der Waals surface area contributed by atoms with Gasteiger partial charge in [-0.3, -0.25) is 9.69 Å². The summed E-state index contributed by atoms with van der Waals surface area (Å²) in [5.74, 6) is 0.870. The Morgan fingerprint density at radius 1 is 1.48 bits per heavy atom. The quantitative estimate of drug-likeness (QED) is 0.826. The molecule has 1 fully saturated rings. The van der Waals surface area contributed by atoms with Crippen molar-refractivity contribution >= 4 is 5.91 Å². The molecular weight excluding hydrogens is 268 g/mol. The van der Waals surface area contributed by atoms with Gasteiger partial charge < -0.3 is 14.8 Å². The zero-order chi connectivity index (χ0) is 15.1. The maximum absolute atomic E-state index is 11.7. The zero-order valence-electron chi connectivity index (χ0n) is 12.8. The molecule has 1 N–H and O–H groups in total. The largest absolute Gasteiger partial charge is 0.496 e. The Hall–Kier alpha value is -1.59. The van der Waals surface area contributed by atoms with E-state index in [0.29, 0.717) is 13.1 Å². The van der Waals surface area contributed by atoms with Crippen LogP contribution in [0.1, 0.15) is 18.4 Å². The first-order chi connectivity index (χ1) is 10.2. The van der Waals surface area contributed by atoms with Crippen LogP contribution in [0.5, 0.6) is 5.75 Å². The molecular formula is C16H24N2O3. The highest BCUT2D eigenvalue weighted by atomic mass is 16.5. The van der Waals surface area contributed by atoms with Crippen LogP contribution in [0.2, 0.25) is 0 Å². The van der Waals surface area contributed by atoms with Crippen LogP contribution in [0.3, 0.4) is 0 Å². The Morgan fingerprint density at radius 2 is 2.29 bits per heavy atom. The number of para-hydroxylation sites is 1. The van der Waals surface area contributed by atoms with E-state index in [4.69, 9.17) is 9.47 Å². The van der Waals surface area contributed by atoms with Crippen molar-refractivity contribution in [3.8, 4) is 5.75 Å². The number of hydrogen-bond donors (Lipinski definition) is 1. The number of ether oxygens (including phenoxy) is 2. The van der Waals surface area contributed by atoms with E-state index in [1.807, 2.05) is 24.3 Å². The van der Waals surface area contributed by atoms with E-state index in [9.17, 15) is 4.79 Å². The lowest BCUT2D eigenvalue weighted by Crippen LogP contribution is -2.39. The second-order valence-electron chi connectivity index (χ2n) is 5.29. The SMILES string of the molecule is CNC(=O)CN(Cc1ccccc1OC)CC1CCCO1.